The first-order chi connectivity index (χ1) is 16.8. The molecule has 0 spiro atoms. The normalized spacial score (nSPS) is 36.3. The number of fused-ring (bicyclic) bond motifs is 3. The summed E-state index contributed by atoms with van der Waals surface area (Å²) in [6.07, 6.45) is 10.1. The molecule has 0 unspecified atom stereocenters. The summed E-state index contributed by atoms with van der Waals surface area (Å²) in [4.78, 5) is 24.6. The molecule has 3 aliphatic rings. The van der Waals surface area contributed by atoms with E-state index in [0.717, 1.165) is 12.0 Å². The number of ether oxygens (including phenoxy) is 1. The fraction of sp³-hybridized carbons (Fsp3) is 0.677. The van der Waals surface area contributed by atoms with Crippen molar-refractivity contribution in [3.63, 3.8) is 0 Å². The lowest BCUT2D eigenvalue weighted by atomic mass is 9.48. The third-order valence-electron chi connectivity index (χ3n) is 10.4. The van der Waals surface area contributed by atoms with Crippen molar-refractivity contribution in [1.82, 2.24) is 0 Å². The van der Waals surface area contributed by atoms with E-state index < -0.39 is 23.4 Å². The van der Waals surface area contributed by atoms with Gasteiger partial charge in [0.2, 0.25) is 0 Å². The van der Waals surface area contributed by atoms with E-state index in [1.54, 1.807) is 0 Å². The number of hydrogen-bond acceptors (Lipinski definition) is 4. The van der Waals surface area contributed by atoms with Crippen molar-refractivity contribution >= 4 is 11.9 Å². The van der Waals surface area contributed by atoms with Crippen molar-refractivity contribution < 1.29 is 24.5 Å². The number of carbonyl (C=O) groups excluding carboxylic acids is 1. The largest absolute Gasteiger partial charge is 0.481 e. The molecular weight excluding hydrogens is 452 g/mol. The molecule has 0 aliphatic heterocycles. The van der Waals surface area contributed by atoms with E-state index in [4.69, 9.17) is 4.74 Å². The maximum Gasteiger partial charge on any atom is 0.306 e. The van der Waals surface area contributed by atoms with Gasteiger partial charge in [0.25, 0.3) is 0 Å². The number of methoxy groups -OCH3 is 1. The smallest absolute Gasteiger partial charge is 0.306 e. The number of rotatable bonds is 10. The molecule has 1 saturated carbocycles. The van der Waals surface area contributed by atoms with Gasteiger partial charge < -0.3 is 14.9 Å². The van der Waals surface area contributed by atoms with Crippen molar-refractivity contribution in [2.45, 2.75) is 85.7 Å². The Morgan fingerprint density at radius 3 is 2.42 bits per heavy atom. The Labute approximate surface area is 217 Å². The highest BCUT2D eigenvalue weighted by atomic mass is 16.5. The topological polar surface area (TPSA) is 83.8 Å². The number of aliphatic hydroxyl groups excluding tert-OH is 1. The summed E-state index contributed by atoms with van der Waals surface area (Å²) in [5, 5.41) is 21.8. The van der Waals surface area contributed by atoms with Crippen LogP contribution in [0.3, 0.4) is 0 Å². The fourth-order valence-corrected chi connectivity index (χ4v) is 7.59. The lowest BCUT2D eigenvalue weighted by Crippen LogP contribution is -2.48. The first-order valence-corrected chi connectivity index (χ1v) is 13.5. The molecule has 200 valence electrons. The van der Waals surface area contributed by atoms with Gasteiger partial charge in [0.05, 0.1) is 19.1 Å². The Hall–Kier alpha value is -2.14. The van der Waals surface area contributed by atoms with Crippen LogP contribution in [-0.2, 0) is 14.3 Å². The van der Waals surface area contributed by atoms with Gasteiger partial charge in [-0.3, -0.25) is 9.59 Å². The zero-order valence-corrected chi connectivity index (χ0v) is 23.1. The van der Waals surface area contributed by atoms with Crippen LogP contribution < -0.4 is 0 Å². The SMILES string of the molecule is C=C[C@H]1CC=C2C(=CC[C@]3(C)[C@@H]([C@@H](CCC(=C)C(C)C)C(=O)O)[C@H](O)C[C@@]23C)[C@@]1(C)CCC(=O)OC. The van der Waals surface area contributed by atoms with Gasteiger partial charge in [-0.1, -0.05) is 65.0 Å². The molecule has 1 fully saturated rings. The average molecular weight is 499 g/mol. The number of allylic oxidation sites excluding steroid dienone is 6. The van der Waals surface area contributed by atoms with Gasteiger partial charge in [-0.15, -0.1) is 6.58 Å². The molecule has 0 aromatic carbocycles. The van der Waals surface area contributed by atoms with E-state index in [0.29, 0.717) is 44.4 Å². The van der Waals surface area contributed by atoms with Crippen molar-refractivity contribution in [3.8, 4) is 0 Å². The van der Waals surface area contributed by atoms with Crippen LogP contribution in [0, 0.1) is 39.9 Å². The summed E-state index contributed by atoms with van der Waals surface area (Å²) in [6, 6.07) is 0. The van der Waals surface area contributed by atoms with Crippen molar-refractivity contribution in [2.75, 3.05) is 7.11 Å². The van der Waals surface area contributed by atoms with Crippen molar-refractivity contribution in [3.05, 3.63) is 48.1 Å². The highest BCUT2D eigenvalue weighted by Crippen LogP contribution is 2.70. The molecule has 0 aromatic rings. The molecule has 3 aliphatic carbocycles. The van der Waals surface area contributed by atoms with E-state index >= 15 is 0 Å². The van der Waals surface area contributed by atoms with Gasteiger partial charge in [-0.25, -0.2) is 0 Å². The first kappa shape index (κ1) is 28.4. The first-order valence-electron chi connectivity index (χ1n) is 13.5. The van der Waals surface area contributed by atoms with Crippen LogP contribution in [0.15, 0.2) is 48.1 Å². The van der Waals surface area contributed by atoms with Crippen LogP contribution >= 0.6 is 0 Å². The van der Waals surface area contributed by atoms with Crippen LogP contribution in [0.2, 0.25) is 0 Å². The molecule has 5 heteroatoms. The van der Waals surface area contributed by atoms with Crippen LogP contribution in [0.5, 0.6) is 0 Å². The van der Waals surface area contributed by atoms with E-state index in [-0.39, 0.29) is 28.6 Å². The molecule has 5 nitrogen and oxygen atoms in total. The minimum atomic E-state index is -0.830. The molecule has 2 N–H and O–H groups in total. The molecule has 0 amide bonds. The maximum absolute atomic E-state index is 12.6. The maximum atomic E-state index is 12.6. The summed E-state index contributed by atoms with van der Waals surface area (Å²) >= 11 is 0. The molecule has 0 heterocycles. The lowest BCUT2D eigenvalue weighted by molar-refractivity contribution is -0.148. The Balaban J connectivity index is 2.02. The molecule has 0 aromatic heterocycles. The number of esters is 1. The molecular formula is C31H46O5. The number of aliphatic hydroxyl groups is 1. The van der Waals surface area contributed by atoms with Crippen LogP contribution in [-0.4, -0.2) is 35.4 Å². The second-order valence-electron chi connectivity index (χ2n) is 12.4. The Morgan fingerprint density at radius 2 is 1.86 bits per heavy atom. The third kappa shape index (κ3) is 4.53. The third-order valence-corrected chi connectivity index (χ3v) is 10.4. The van der Waals surface area contributed by atoms with E-state index in [2.05, 4.69) is 59.9 Å². The Bertz CT molecular complexity index is 973. The van der Waals surface area contributed by atoms with Gasteiger partial charge in [0.1, 0.15) is 0 Å². The predicted molar refractivity (Wildman–Crippen MR) is 143 cm³/mol. The highest BCUT2D eigenvalue weighted by molar-refractivity contribution is 5.71. The molecule has 0 radical (unpaired) electrons. The molecule has 7 atom stereocenters. The summed E-state index contributed by atoms with van der Waals surface area (Å²) in [5.74, 6) is -1.53. The number of aliphatic carboxylic acids is 1. The average Bonchev–Trinajstić information content (AvgIpc) is 3.03. The lowest BCUT2D eigenvalue weighted by Gasteiger charge is -2.55. The number of carbonyl (C=O) groups is 2. The minimum Gasteiger partial charge on any atom is -0.481 e. The van der Waals surface area contributed by atoms with Gasteiger partial charge in [-0.05, 0) is 72.3 Å². The number of carboxylic acid groups (broad SMARTS) is 1. The minimum absolute atomic E-state index is 0.195. The van der Waals surface area contributed by atoms with Crippen molar-refractivity contribution in [2.24, 2.45) is 39.9 Å². The van der Waals surface area contributed by atoms with E-state index in [1.807, 2.05) is 6.08 Å². The Kier molecular flexibility index (Phi) is 8.15. The van der Waals surface area contributed by atoms with Crippen molar-refractivity contribution in [1.29, 1.82) is 0 Å². The second-order valence-corrected chi connectivity index (χ2v) is 12.4. The quantitative estimate of drug-likeness (QED) is 0.265. The summed E-state index contributed by atoms with van der Waals surface area (Å²) in [6.45, 7) is 19.0. The highest BCUT2D eigenvalue weighted by Gasteiger charge is 2.65. The molecule has 0 saturated heterocycles. The van der Waals surface area contributed by atoms with Gasteiger partial charge in [0.15, 0.2) is 0 Å². The molecule has 3 rings (SSSR count). The summed E-state index contributed by atoms with van der Waals surface area (Å²) < 4.78 is 4.93. The predicted octanol–water partition coefficient (Wildman–Crippen LogP) is 6.49. The zero-order chi connectivity index (χ0) is 27.1. The zero-order valence-electron chi connectivity index (χ0n) is 23.1. The van der Waals surface area contributed by atoms with Gasteiger partial charge >= 0.3 is 11.9 Å². The van der Waals surface area contributed by atoms with Gasteiger partial charge in [0, 0.05) is 17.8 Å². The Morgan fingerprint density at radius 1 is 1.19 bits per heavy atom. The summed E-state index contributed by atoms with van der Waals surface area (Å²) in [7, 11) is 1.42. The second kappa shape index (κ2) is 10.3. The van der Waals surface area contributed by atoms with Crippen LogP contribution in [0.4, 0.5) is 0 Å². The van der Waals surface area contributed by atoms with E-state index in [9.17, 15) is 19.8 Å². The standard InChI is InChI=1S/C31H46O5/c1-9-21-11-13-24-23(29(21,5)16-15-26(33)36-8)14-17-30(6)27(25(32)18-31(24,30)7)22(28(34)35)12-10-20(4)19(2)3/h9,13-14,19,21-22,25,27,32H,1,4,10-12,15-18H2,2-3,5-8H3,(H,34,35)/t21-,22+,25+,27-,29-,30+,31-/m0/s1. The van der Waals surface area contributed by atoms with Crippen LogP contribution in [0.25, 0.3) is 0 Å². The van der Waals surface area contributed by atoms with Crippen LogP contribution in [0.1, 0.15) is 79.6 Å². The number of hydrogen-bond donors (Lipinski definition) is 2. The molecule has 36 heavy (non-hydrogen) atoms. The number of carboxylic acids is 1. The summed E-state index contributed by atoms with van der Waals surface area (Å²) in [5.41, 5.74) is 2.49. The van der Waals surface area contributed by atoms with Gasteiger partial charge in [-0.2, -0.15) is 0 Å². The van der Waals surface area contributed by atoms with E-state index in [1.165, 1.54) is 18.3 Å². The fourth-order valence-electron chi connectivity index (χ4n) is 7.59. The monoisotopic (exact) mass is 498 g/mol. The molecule has 0 bridgehead atoms.